The summed E-state index contributed by atoms with van der Waals surface area (Å²) in [6.07, 6.45) is 1.20. The van der Waals surface area contributed by atoms with Gasteiger partial charge in [0, 0.05) is 6.07 Å². The minimum absolute atomic E-state index is 0.0816. The van der Waals surface area contributed by atoms with E-state index in [1.54, 1.807) is 0 Å². The summed E-state index contributed by atoms with van der Waals surface area (Å²) in [5.41, 5.74) is -1.20. The second kappa shape index (κ2) is 8.67. The largest absolute Gasteiger partial charge is 0.432 e. The van der Waals surface area contributed by atoms with Gasteiger partial charge in [-0.25, -0.2) is 17.6 Å². The summed E-state index contributed by atoms with van der Waals surface area (Å²) in [7, 11) is 0. The predicted octanol–water partition coefficient (Wildman–Crippen LogP) is 7.45. The Labute approximate surface area is 165 Å². The van der Waals surface area contributed by atoms with E-state index in [2.05, 4.69) is 11.7 Å². The van der Waals surface area contributed by atoms with Crippen LogP contribution in [-0.4, -0.2) is 0 Å². The lowest BCUT2D eigenvalue weighted by molar-refractivity contribution is -0.189. The molecule has 1 aliphatic carbocycles. The van der Waals surface area contributed by atoms with Gasteiger partial charge in [0.05, 0.1) is 0 Å². The number of rotatable bonds is 6. The molecule has 0 heterocycles. The molecular weight excluding hydrogens is 394 g/mol. The molecule has 0 radical (unpaired) electrons. The van der Waals surface area contributed by atoms with Gasteiger partial charge in [0.15, 0.2) is 11.6 Å². The zero-order valence-electron chi connectivity index (χ0n) is 16.0. The molecule has 29 heavy (non-hydrogen) atoms. The van der Waals surface area contributed by atoms with Gasteiger partial charge in [0.25, 0.3) is 0 Å². The highest BCUT2D eigenvalue weighted by Gasteiger charge is 2.41. The van der Waals surface area contributed by atoms with E-state index in [0.29, 0.717) is 23.6 Å². The van der Waals surface area contributed by atoms with E-state index < -0.39 is 40.7 Å². The summed E-state index contributed by atoms with van der Waals surface area (Å²) in [6, 6.07) is 3.58. The Morgan fingerprint density at radius 1 is 0.862 bits per heavy atom. The number of halogens is 6. The Hall–Kier alpha value is -2.18. The zero-order chi connectivity index (χ0) is 21.2. The first-order valence-electron chi connectivity index (χ1n) is 9.72. The van der Waals surface area contributed by atoms with E-state index in [1.807, 2.05) is 0 Å². The Morgan fingerprint density at radius 2 is 1.48 bits per heavy atom. The number of alkyl halides is 2. The summed E-state index contributed by atoms with van der Waals surface area (Å²) >= 11 is 0. The van der Waals surface area contributed by atoms with Crippen LogP contribution in [0.1, 0.15) is 62.5 Å². The summed E-state index contributed by atoms with van der Waals surface area (Å²) in [5, 5.41) is 0. The van der Waals surface area contributed by atoms with E-state index >= 15 is 0 Å². The van der Waals surface area contributed by atoms with Crippen molar-refractivity contribution in [2.45, 2.75) is 57.5 Å². The average molecular weight is 416 g/mol. The second-order valence-corrected chi connectivity index (χ2v) is 7.56. The lowest BCUT2D eigenvalue weighted by Crippen LogP contribution is -2.26. The molecule has 2 aromatic rings. The monoisotopic (exact) mass is 416 g/mol. The average Bonchev–Trinajstić information content (AvgIpc) is 2.64. The molecule has 0 aromatic heterocycles. The van der Waals surface area contributed by atoms with Gasteiger partial charge in [-0.15, -0.1) is 0 Å². The predicted molar refractivity (Wildman–Crippen MR) is 96.8 cm³/mol. The molecule has 0 aliphatic heterocycles. The normalized spacial score (nSPS) is 20.0. The minimum atomic E-state index is -4.39. The molecule has 0 spiro atoms. The van der Waals surface area contributed by atoms with Crippen LogP contribution in [0.2, 0.25) is 0 Å². The van der Waals surface area contributed by atoms with E-state index in [9.17, 15) is 26.3 Å². The van der Waals surface area contributed by atoms with E-state index in [4.69, 9.17) is 0 Å². The van der Waals surface area contributed by atoms with Crippen LogP contribution in [0.4, 0.5) is 26.3 Å². The van der Waals surface area contributed by atoms with Crippen molar-refractivity contribution < 1.29 is 31.1 Å². The van der Waals surface area contributed by atoms with Gasteiger partial charge >= 0.3 is 6.11 Å². The summed E-state index contributed by atoms with van der Waals surface area (Å²) < 4.78 is 88.1. The Kier molecular flexibility index (Phi) is 6.44. The smallest absolute Gasteiger partial charge is 0.429 e. The topological polar surface area (TPSA) is 9.23 Å². The van der Waals surface area contributed by atoms with Crippen LogP contribution in [0, 0.1) is 29.2 Å². The van der Waals surface area contributed by atoms with Gasteiger partial charge in [-0.1, -0.05) is 19.8 Å². The first-order valence-corrected chi connectivity index (χ1v) is 9.72. The molecule has 158 valence electrons. The third-order valence-electron chi connectivity index (χ3n) is 5.51. The van der Waals surface area contributed by atoms with Crippen LogP contribution >= 0.6 is 0 Å². The molecule has 0 bridgehead atoms. The highest BCUT2D eigenvalue weighted by Crippen LogP contribution is 2.41. The second-order valence-electron chi connectivity index (χ2n) is 7.56. The number of benzene rings is 2. The molecule has 3 rings (SSSR count). The highest BCUT2D eigenvalue weighted by molar-refractivity contribution is 5.32. The van der Waals surface area contributed by atoms with Crippen molar-refractivity contribution in [1.29, 1.82) is 0 Å². The molecule has 1 fully saturated rings. The van der Waals surface area contributed by atoms with Gasteiger partial charge in [-0.2, -0.15) is 8.78 Å². The third-order valence-corrected chi connectivity index (χ3v) is 5.51. The maximum absolute atomic E-state index is 14.5. The van der Waals surface area contributed by atoms with Crippen LogP contribution < -0.4 is 4.74 Å². The van der Waals surface area contributed by atoms with Crippen molar-refractivity contribution in [2.75, 3.05) is 0 Å². The maximum Gasteiger partial charge on any atom is 0.432 e. The zero-order valence-corrected chi connectivity index (χ0v) is 16.0. The van der Waals surface area contributed by atoms with Crippen molar-refractivity contribution >= 4 is 0 Å². The molecule has 0 amide bonds. The van der Waals surface area contributed by atoms with E-state index in [-0.39, 0.29) is 5.92 Å². The van der Waals surface area contributed by atoms with Crippen molar-refractivity contribution in [2.24, 2.45) is 5.92 Å². The molecule has 2 aromatic carbocycles. The molecule has 1 saturated carbocycles. The fraction of sp³-hybridized carbons (Fsp3) is 0.455. The molecule has 0 atom stereocenters. The fourth-order valence-corrected chi connectivity index (χ4v) is 4.04. The number of ether oxygens (including phenoxy) is 1. The van der Waals surface area contributed by atoms with Crippen LogP contribution in [-0.2, 0) is 6.11 Å². The molecule has 1 aliphatic rings. The van der Waals surface area contributed by atoms with Crippen molar-refractivity contribution in [1.82, 2.24) is 0 Å². The van der Waals surface area contributed by atoms with E-state index in [1.165, 1.54) is 0 Å². The molecule has 0 saturated heterocycles. The summed E-state index contributed by atoms with van der Waals surface area (Å²) in [4.78, 5) is 0. The maximum atomic E-state index is 14.5. The molecular formula is C22H22F6O. The Morgan fingerprint density at radius 3 is 2.03 bits per heavy atom. The van der Waals surface area contributed by atoms with Crippen LogP contribution in [0.3, 0.4) is 0 Å². The molecule has 0 N–H and O–H groups in total. The number of hydrogen-bond acceptors (Lipinski definition) is 1. The highest BCUT2D eigenvalue weighted by atomic mass is 19.3. The lowest BCUT2D eigenvalue weighted by Gasteiger charge is -2.29. The van der Waals surface area contributed by atoms with Crippen molar-refractivity contribution in [3.8, 4) is 5.75 Å². The SMILES string of the molecule is CCCC1CCC(c2cc(F)c(C(F)(F)Oc3ccc(F)c(F)c3)c(F)c2)CC1. The van der Waals surface area contributed by atoms with Crippen molar-refractivity contribution in [3.63, 3.8) is 0 Å². The van der Waals surface area contributed by atoms with Gasteiger partial charge in [-0.3, -0.25) is 0 Å². The van der Waals surface area contributed by atoms with Gasteiger partial charge in [0.1, 0.15) is 22.9 Å². The van der Waals surface area contributed by atoms with Crippen molar-refractivity contribution in [3.05, 3.63) is 64.7 Å². The van der Waals surface area contributed by atoms with E-state index in [0.717, 1.165) is 56.7 Å². The summed E-state index contributed by atoms with van der Waals surface area (Å²) in [5.74, 6) is -5.75. The number of hydrogen-bond donors (Lipinski definition) is 0. The molecule has 0 unspecified atom stereocenters. The minimum Gasteiger partial charge on any atom is -0.429 e. The first-order chi connectivity index (χ1) is 13.7. The quantitative estimate of drug-likeness (QED) is 0.445. The Bertz CT molecular complexity index is 835. The van der Waals surface area contributed by atoms with Gasteiger partial charge in [-0.05, 0) is 67.3 Å². The lowest BCUT2D eigenvalue weighted by atomic mass is 9.77. The van der Waals surface area contributed by atoms with Gasteiger partial charge in [0.2, 0.25) is 0 Å². The molecule has 7 heteroatoms. The summed E-state index contributed by atoms with van der Waals surface area (Å²) in [6.45, 7) is 2.11. The third kappa shape index (κ3) is 4.87. The fourth-order valence-electron chi connectivity index (χ4n) is 4.04. The van der Waals surface area contributed by atoms with Gasteiger partial charge < -0.3 is 4.74 Å². The molecule has 1 nitrogen and oxygen atoms in total. The van der Waals surface area contributed by atoms with Crippen LogP contribution in [0.15, 0.2) is 30.3 Å². The first kappa shape index (κ1) is 21.5. The van der Waals surface area contributed by atoms with Crippen LogP contribution in [0.5, 0.6) is 5.75 Å². The standard InChI is InChI=1S/C22H22F6O/c1-2-3-13-4-6-14(7-5-13)15-10-19(25)21(20(26)11-15)22(27,28)29-16-8-9-17(23)18(24)12-16/h8-14H,2-7H2,1H3. The Balaban J connectivity index is 1.80. The van der Waals surface area contributed by atoms with Crippen LogP contribution in [0.25, 0.3) is 0 Å².